The Labute approximate surface area is 87.8 Å². The Hall–Kier alpha value is 0.774. The maximum atomic E-state index is 11.0. The van der Waals surface area contributed by atoms with Gasteiger partial charge in [0.2, 0.25) is 0 Å². The Morgan fingerprint density at radius 2 is 2.20 bits per heavy atom. The molecule has 0 bridgehead atoms. The summed E-state index contributed by atoms with van der Waals surface area (Å²) in [4.78, 5) is 11.0. The maximum absolute atomic E-state index is 11.0. The van der Waals surface area contributed by atoms with Crippen molar-refractivity contribution in [2.45, 2.75) is 33.1 Å². The average Bonchev–Trinajstić information content (AvgIpc) is 1.83. The Morgan fingerprint density at radius 3 is 2.60 bits per heavy atom. The Kier molecular flexibility index (Phi) is 4.97. The number of hydrogen-bond acceptors (Lipinski definition) is 1. The van der Waals surface area contributed by atoms with Crippen molar-refractivity contribution in [3.8, 4) is 0 Å². The van der Waals surface area contributed by atoms with Crippen molar-refractivity contribution in [2.75, 3.05) is 0 Å². The summed E-state index contributed by atoms with van der Waals surface area (Å²) in [5.41, 5.74) is 0. The van der Waals surface area contributed by atoms with Gasteiger partial charge in [0.15, 0.2) is 0 Å². The van der Waals surface area contributed by atoms with E-state index < -0.39 is 0 Å². The second-order valence-corrected chi connectivity index (χ2v) is 2.89. The van der Waals surface area contributed by atoms with Crippen molar-refractivity contribution < 1.29 is 37.5 Å². The summed E-state index contributed by atoms with van der Waals surface area (Å²) in [5.74, 6) is 2.05. The first-order valence-corrected chi connectivity index (χ1v) is 3.57. The van der Waals surface area contributed by atoms with Gasteiger partial charge in [-0.25, -0.2) is 0 Å². The predicted octanol–water partition coefficient (Wildman–Crippen LogP) is 1.97. The third-order valence-corrected chi connectivity index (χ3v) is 2.22. The molecule has 1 unspecified atom stereocenters. The molecule has 1 fully saturated rings. The summed E-state index contributed by atoms with van der Waals surface area (Å²) in [6.07, 6.45) is 3.04. The fourth-order valence-corrected chi connectivity index (χ4v) is 1.25. The van der Waals surface area contributed by atoms with E-state index in [-0.39, 0.29) is 38.6 Å². The summed E-state index contributed by atoms with van der Waals surface area (Å²) in [6, 6.07) is 0. The summed E-state index contributed by atoms with van der Waals surface area (Å²) in [5, 5.41) is 0. The number of rotatable bonds is 0. The molecule has 0 saturated heterocycles. The summed E-state index contributed by atoms with van der Waals surface area (Å²) < 4.78 is 0. The topological polar surface area (TPSA) is 17.1 Å². The second-order valence-electron chi connectivity index (χ2n) is 2.89. The van der Waals surface area contributed by atoms with Crippen LogP contribution < -0.4 is 0 Å². The fourth-order valence-electron chi connectivity index (χ4n) is 1.25. The number of ketones is 1. The summed E-state index contributed by atoms with van der Waals surface area (Å²) in [7, 11) is 0. The van der Waals surface area contributed by atoms with E-state index in [0.29, 0.717) is 5.78 Å². The van der Waals surface area contributed by atoms with Gasteiger partial charge in [0.25, 0.3) is 0 Å². The molecule has 0 aliphatic heterocycles. The first-order valence-electron chi connectivity index (χ1n) is 3.57. The van der Waals surface area contributed by atoms with Crippen molar-refractivity contribution in [2.24, 2.45) is 5.92 Å². The van der Waals surface area contributed by atoms with Gasteiger partial charge >= 0.3 is 32.7 Å². The molecular formula is C8H13OY+2. The van der Waals surface area contributed by atoms with Crippen molar-refractivity contribution >= 4 is 5.78 Å². The molecule has 10 heavy (non-hydrogen) atoms. The molecule has 0 amide bonds. The van der Waals surface area contributed by atoms with Gasteiger partial charge < -0.3 is 10.7 Å². The standard InChI is InChI=1S/C8H13O.Y/c1-6-4-3-5-8(9)7(6)2;/h7H,3-5H2,1-2H3;/q-1;+3. The van der Waals surface area contributed by atoms with Crippen LogP contribution in [0.4, 0.5) is 0 Å². The number of hydrogen-bond donors (Lipinski definition) is 0. The van der Waals surface area contributed by atoms with Gasteiger partial charge in [-0.05, 0) is 0 Å². The van der Waals surface area contributed by atoms with E-state index in [1.54, 1.807) is 0 Å². The number of carbonyl (C=O) groups excluding carboxylic acids is 1. The molecule has 1 atom stereocenters. The zero-order valence-corrected chi connectivity index (χ0v) is 9.52. The molecule has 0 aromatic carbocycles. The van der Waals surface area contributed by atoms with E-state index in [2.05, 4.69) is 6.92 Å². The zero-order chi connectivity index (χ0) is 6.85. The monoisotopic (exact) mass is 214 g/mol. The van der Waals surface area contributed by atoms with Crippen LogP contribution >= 0.6 is 0 Å². The van der Waals surface area contributed by atoms with Gasteiger partial charge in [-0.2, -0.15) is 13.3 Å². The van der Waals surface area contributed by atoms with Crippen LogP contribution in [-0.2, 0) is 37.5 Å². The molecule has 0 radical (unpaired) electrons. The minimum Gasteiger partial charge on any atom is -0.307 e. The molecule has 1 saturated carbocycles. The summed E-state index contributed by atoms with van der Waals surface area (Å²) in [6.45, 7) is 4.10. The van der Waals surface area contributed by atoms with Gasteiger partial charge in [-0.1, -0.05) is 13.3 Å². The molecule has 52 valence electrons. The quantitative estimate of drug-likeness (QED) is 0.563. The predicted molar refractivity (Wildman–Crippen MR) is 36.9 cm³/mol. The molecule has 2 heteroatoms. The van der Waals surface area contributed by atoms with Crippen LogP contribution in [0.1, 0.15) is 33.1 Å². The molecular weight excluding hydrogens is 201 g/mol. The van der Waals surface area contributed by atoms with Crippen molar-refractivity contribution in [3.05, 3.63) is 5.92 Å². The van der Waals surface area contributed by atoms with Gasteiger partial charge in [0, 0.05) is 6.42 Å². The third kappa shape index (κ3) is 2.43. The van der Waals surface area contributed by atoms with Crippen LogP contribution in [-0.4, -0.2) is 5.78 Å². The molecule has 0 aromatic heterocycles. The van der Waals surface area contributed by atoms with Crippen LogP contribution in [0.25, 0.3) is 0 Å². The third-order valence-electron chi connectivity index (χ3n) is 2.22. The van der Waals surface area contributed by atoms with Crippen LogP contribution in [0, 0.1) is 11.8 Å². The molecule has 0 aromatic rings. The Balaban J connectivity index is 0.000000810. The van der Waals surface area contributed by atoms with E-state index in [0.717, 1.165) is 19.3 Å². The summed E-state index contributed by atoms with van der Waals surface area (Å²) >= 11 is 0. The molecule has 0 N–H and O–H groups in total. The maximum Gasteiger partial charge on any atom is 3.00 e. The Morgan fingerprint density at radius 1 is 1.60 bits per heavy atom. The second kappa shape index (κ2) is 4.61. The molecule has 0 heterocycles. The number of Topliss-reactive ketones (excluding diaryl/α,β-unsaturated/α-hetero) is 1. The molecule has 1 rings (SSSR count). The van der Waals surface area contributed by atoms with E-state index in [9.17, 15) is 4.79 Å². The fraction of sp³-hybridized carbons (Fsp3) is 0.750. The molecule has 1 aliphatic carbocycles. The first kappa shape index (κ1) is 10.8. The SMILES string of the molecule is C[C-]1CCCC(=O)C1C.[Y+3]. The van der Waals surface area contributed by atoms with E-state index in [4.69, 9.17) is 0 Å². The van der Waals surface area contributed by atoms with E-state index in [1.165, 1.54) is 5.92 Å². The first-order chi connectivity index (χ1) is 4.22. The molecule has 1 nitrogen and oxygen atoms in total. The zero-order valence-electron chi connectivity index (χ0n) is 6.68. The smallest absolute Gasteiger partial charge is 0.307 e. The molecule has 1 aliphatic rings. The average molecular weight is 214 g/mol. The molecule has 0 spiro atoms. The largest absolute Gasteiger partial charge is 3.00 e. The van der Waals surface area contributed by atoms with Crippen molar-refractivity contribution in [1.82, 2.24) is 0 Å². The van der Waals surface area contributed by atoms with E-state index >= 15 is 0 Å². The van der Waals surface area contributed by atoms with Gasteiger partial charge in [0.1, 0.15) is 5.78 Å². The van der Waals surface area contributed by atoms with Gasteiger partial charge in [0.05, 0.1) is 0 Å². The van der Waals surface area contributed by atoms with Crippen LogP contribution in [0.2, 0.25) is 0 Å². The van der Waals surface area contributed by atoms with Gasteiger partial charge in [-0.3, -0.25) is 0 Å². The minimum atomic E-state index is 0. The van der Waals surface area contributed by atoms with Crippen molar-refractivity contribution in [3.63, 3.8) is 0 Å². The minimum absolute atomic E-state index is 0. The Bertz CT molecular complexity index is 122. The number of carbonyl (C=O) groups is 1. The normalized spacial score (nSPS) is 27.8. The van der Waals surface area contributed by atoms with E-state index in [1.807, 2.05) is 6.92 Å². The van der Waals surface area contributed by atoms with Crippen LogP contribution in [0.15, 0.2) is 0 Å². The van der Waals surface area contributed by atoms with Crippen LogP contribution in [0.3, 0.4) is 0 Å². The van der Waals surface area contributed by atoms with Crippen LogP contribution in [0.5, 0.6) is 0 Å². The van der Waals surface area contributed by atoms with Crippen molar-refractivity contribution in [1.29, 1.82) is 0 Å². The van der Waals surface area contributed by atoms with Gasteiger partial charge in [-0.15, -0.1) is 5.92 Å².